The van der Waals surface area contributed by atoms with Crippen LogP contribution in [0.5, 0.6) is 0 Å². The largest absolute Gasteiger partial charge is 0.300 e. The quantitative estimate of drug-likeness (QED) is 0.668. The molecule has 1 aromatic rings. The molecule has 1 aliphatic rings. The molecule has 0 unspecified atom stereocenters. The highest BCUT2D eigenvalue weighted by molar-refractivity contribution is 9.11. The Balaban J connectivity index is 2.18. The molecule has 0 spiro atoms. The Bertz CT molecular complexity index is 575. The zero-order valence-corrected chi connectivity index (χ0v) is 15.5. The molecule has 4 nitrogen and oxygen atoms in total. The summed E-state index contributed by atoms with van der Waals surface area (Å²) in [6.45, 7) is 3.24. The number of alkyl halides is 1. The SMILES string of the molecule is O=S(=O)(c1cc(Br)ccc1Br)N1CCN(CCCl)CC1. The van der Waals surface area contributed by atoms with E-state index in [1.807, 2.05) is 6.07 Å². The van der Waals surface area contributed by atoms with E-state index in [9.17, 15) is 8.42 Å². The summed E-state index contributed by atoms with van der Waals surface area (Å²) < 4.78 is 28.2. The van der Waals surface area contributed by atoms with E-state index >= 15 is 0 Å². The van der Waals surface area contributed by atoms with Gasteiger partial charge in [-0.25, -0.2) is 8.42 Å². The van der Waals surface area contributed by atoms with E-state index in [4.69, 9.17) is 11.6 Å². The van der Waals surface area contributed by atoms with Crippen molar-refractivity contribution in [2.75, 3.05) is 38.6 Å². The van der Waals surface area contributed by atoms with Crippen LogP contribution in [0.2, 0.25) is 0 Å². The van der Waals surface area contributed by atoms with Gasteiger partial charge in [-0.1, -0.05) is 15.9 Å². The van der Waals surface area contributed by atoms with Gasteiger partial charge in [0.25, 0.3) is 0 Å². The molecule has 1 saturated heterocycles. The van der Waals surface area contributed by atoms with E-state index in [0.29, 0.717) is 28.3 Å². The van der Waals surface area contributed by atoms with E-state index in [-0.39, 0.29) is 0 Å². The Morgan fingerprint density at radius 3 is 2.40 bits per heavy atom. The highest BCUT2D eigenvalue weighted by atomic mass is 79.9. The summed E-state index contributed by atoms with van der Waals surface area (Å²) in [5.41, 5.74) is 0. The lowest BCUT2D eigenvalue weighted by Gasteiger charge is -2.33. The van der Waals surface area contributed by atoms with E-state index in [1.54, 1.807) is 12.1 Å². The monoisotopic (exact) mass is 444 g/mol. The predicted octanol–water partition coefficient (Wildman–Crippen LogP) is 2.76. The van der Waals surface area contributed by atoms with Crippen molar-refractivity contribution in [2.45, 2.75) is 4.90 Å². The van der Waals surface area contributed by atoms with Crippen LogP contribution in [-0.2, 0) is 10.0 Å². The lowest BCUT2D eigenvalue weighted by Crippen LogP contribution is -2.49. The van der Waals surface area contributed by atoms with Crippen molar-refractivity contribution >= 4 is 53.5 Å². The fourth-order valence-corrected chi connectivity index (χ4v) is 5.25. The molecular weight excluding hydrogens is 431 g/mol. The first-order valence-corrected chi connectivity index (χ1v) is 9.75. The molecule has 0 aliphatic carbocycles. The minimum Gasteiger partial charge on any atom is -0.300 e. The van der Waals surface area contributed by atoms with Crippen molar-refractivity contribution in [3.63, 3.8) is 0 Å². The topological polar surface area (TPSA) is 40.6 Å². The third-order valence-corrected chi connectivity index (χ3v) is 6.80. The summed E-state index contributed by atoms with van der Waals surface area (Å²) >= 11 is 12.3. The number of piperazine rings is 1. The number of hydrogen-bond acceptors (Lipinski definition) is 3. The van der Waals surface area contributed by atoms with Gasteiger partial charge in [0.15, 0.2) is 0 Å². The molecule has 0 radical (unpaired) electrons. The Morgan fingerprint density at radius 1 is 1.15 bits per heavy atom. The van der Waals surface area contributed by atoms with Crippen molar-refractivity contribution in [1.29, 1.82) is 0 Å². The molecule has 1 aliphatic heterocycles. The predicted molar refractivity (Wildman–Crippen MR) is 87.8 cm³/mol. The molecule has 0 N–H and O–H groups in total. The fraction of sp³-hybridized carbons (Fsp3) is 0.500. The van der Waals surface area contributed by atoms with Crippen LogP contribution in [0.4, 0.5) is 0 Å². The number of sulfonamides is 1. The normalized spacial score (nSPS) is 18.4. The first kappa shape index (κ1) is 16.7. The van der Waals surface area contributed by atoms with E-state index in [2.05, 4.69) is 36.8 Å². The summed E-state index contributed by atoms with van der Waals surface area (Å²) in [4.78, 5) is 2.48. The van der Waals surface area contributed by atoms with Crippen molar-refractivity contribution in [2.24, 2.45) is 0 Å². The lowest BCUT2D eigenvalue weighted by atomic mass is 10.4. The summed E-state index contributed by atoms with van der Waals surface area (Å²) in [6.07, 6.45) is 0. The molecule has 0 saturated carbocycles. The lowest BCUT2D eigenvalue weighted by molar-refractivity contribution is 0.197. The number of rotatable bonds is 4. The molecule has 0 bridgehead atoms. The van der Waals surface area contributed by atoms with Crippen molar-refractivity contribution in [1.82, 2.24) is 9.21 Å². The Morgan fingerprint density at radius 2 is 1.80 bits per heavy atom. The number of benzene rings is 1. The highest BCUT2D eigenvalue weighted by Crippen LogP contribution is 2.28. The van der Waals surface area contributed by atoms with Crippen molar-refractivity contribution in [3.05, 3.63) is 27.1 Å². The standard InChI is InChI=1S/C12H15Br2ClN2O2S/c13-10-1-2-11(14)12(9-10)20(18,19)17-7-5-16(4-3-15)6-8-17/h1-2,9H,3-8H2. The van der Waals surface area contributed by atoms with Gasteiger partial charge in [-0.2, -0.15) is 4.31 Å². The van der Waals surface area contributed by atoms with Gasteiger partial charge in [0, 0.05) is 47.5 Å². The van der Waals surface area contributed by atoms with E-state index in [1.165, 1.54) is 4.31 Å². The van der Waals surface area contributed by atoms with Crippen LogP contribution in [0.25, 0.3) is 0 Å². The summed E-state index contributed by atoms with van der Waals surface area (Å²) in [7, 11) is -3.46. The van der Waals surface area contributed by atoms with Crippen LogP contribution in [-0.4, -0.2) is 56.2 Å². The highest BCUT2D eigenvalue weighted by Gasteiger charge is 2.29. The smallest absolute Gasteiger partial charge is 0.244 e. The molecule has 20 heavy (non-hydrogen) atoms. The third kappa shape index (κ3) is 3.75. The summed E-state index contributed by atoms with van der Waals surface area (Å²) in [5, 5.41) is 0. The molecule has 2 rings (SSSR count). The van der Waals surface area contributed by atoms with Gasteiger partial charge in [0.1, 0.15) is 0 Å². The first-order chi connectivity index (χ1) is 9.45. The zero-order chi connectivity index (χ0) is 14.8. The molecule has 1 fully saturated rings. The maximum absolute atomic E-state index is 12.7. The molecule has 112 valence electrons. The van der Waals surface area contributed by atoms with Gasteiger partial charge in [0.2, 0.25) is 10.0 Å². The van der Waals surface area contributed by atoms with Gasteiger partial charge >= 0.3 is 0 Å². The molecular formula is C12H15Br2ClN2O2S. The van der Waals surface area contributed by atoms with Crippen LogP contribution in [0.3, 0.4) is 0 Å². The molecule has 8 heteroatoms. The maximum Gasteiger partial charge on any atom is 0.244 e. The summed E-state index contributed by atoms with van der Waals surface area (Å²) in [6, 6.07) is 5.17. The zero-order valence-electron chi connectivity index (χ0n) is 10.7. The van der Waals surface area contributed by atoms with Crippen LogP contribution in [0, 0.1) is 0 Å². The molecule has 1 heterocycles. The minimum absolute atomic E-state index is 0.303. The molecule has 0 atom stereocenters. The minimum atomic E-state index is -3.46. The van der Waals surface area contributed by atoms with E-state index in [0.717, 1.165) is 24.1 Å². The Kier molecular flexibility index (Phi) is 5.90. The average molecular weight is 447 g/mol. The Hall–Kier alpha value is 0.340. The third-order valence-electron chi connectivity index (χ3n) is 3.24. The second kappa shape index (κ2) is 7.07. The first-order valence-electron chi connectivity index (χ1n) is 6.18. The van der Waals surface area contributed by atoms with Crippen LogP contribution in [0.1, 0.15) is 0 Å². The molecule has 1 aromatic carbocycles. The molecule has 0 amide bonds. The van der Waals surface area contributed by atoms with Gasteiger partial charge in [-0.3, -0.25) is 4.90 Å². The van der Waals surface area contributed by atoms with Crippen LogP contribution < -0.4 is 0 Å². The molecule has 0 aromatic heterocycles. The Labute approximate surface area is 141 Å². The van der Waals surface area contributed by atoms with E-state index < -0.39 is 10.0 Å². The van der Waals surface area contributed by atoms with Crippen molar-refractivity contribution < 1.29 is 8.42 Å². The van der Waals surface area contributed by atoms with Gasteiger partial charge in [-0.05, 0) is 34.1 Å². The number of halogens is 3. The van der Waals surface area contributed by atoms with Crippen molar-refractivity contribution in [3.8, 4) is 0 Å². The van der Waals surface area contributed by atoms with Gasteiger partial charge < -0.3 is 0 Å². The maximum atomic E-state index is 12.7. The van der Waals surface area contributed by atoms with Crippen LogP contribution in [0.15, 0.2) is 32.0 Å². The second-order valence-corrected chi connectivity index (χ2v) is 8.56. The van der Waals surface area contributed by atoms with Gasteiger partial charge in [-0.15, -0.1) is 11.6 Å². The van der Waals surface area contributed by atoms with Gasteiger partial charge in [0.05, 0.1) is 4.90 Å². The summed E-state index contributed by atoms with van der Waals surface area (Å²) in [5.74, 6) is 0.573. The fourth-order valence-electron chi connectivity index (χ4n) is 2.13. The van der Waals surface area contributed by atoms with Crippen LogP contribution >= 0.6 is 43.5 Å². The second-order valence-electron chi connectivity index (χ2n) is 4.51. The number of nitrogens with zero attached hydrogens (tertiary/aromatic N) is 2. The average Bonchev–Trinajstić information content (AvgIpc) is 2.42. The number of hydrogen-bond donors (Lipinski definition) is 0.